The van der Waals surface area contributed by atoms with E-state index < -0.39 is 0 Å². The third-order valence-electron chi connectivity index (χ3n) is 5.55. The number of halogens is 1. The molecule has 0 bridgehead atoms. The molecule has 1 aromatic carbocycles. The number of aryl methyl sites for hydroxylation is 1. The predicted octanol–water partition coefficient (Wildman–Crippen LogP) is 3.30. The maximum absolute atomic E-state index is 13.5. The van der Waals surface area contributed by atoms with Gasteiger partial charge in [0.1, 0.15) is 17.3 Å². The van der Waals surface area contributed by atoms with Crippen molar-refractivity contribution in [1.29, 1.82) is 0 Å². The maximum atomic E-state index is 13.5. The van der Waals surface area contributed by atoms with Crippen molar-refractivity contribution >= 4 is 11.8 Å². The lowest BCUT2D eigenvalue weighted by Crippen LogP contribution is -2.39. The van der Waals surface area contributed by atoms with Crippen molar-refractivity contribution in [2.45, 2.75) is 25.7 Å². The number of aromatic nitrogens is 3. The Morgan fingerprint density at radius 2 is 2.06 bits per heavy atom. The number of amides is 2. The fraction of sp³-hybridized carbons (Fsp3) is 0.348. The van der Waals surface area contributed by atoms with Gasteiger partial charge in [0.2, 0.25) is 5.76 Å². The Morgan fingerprint density at radius 3 is 2.78 bits per heavy atom. The smallest absolute Gasteiger partial charge is 0.292 e. The summed E-state index contributed by atoms with van der Waals surface area (Å²) in [6, 6.07) is 7.50. The summed E-state index contributed by atoms with van der Waals surface area (Å²) in [7, 11) is 3.37. The third-order valence-corrected chi connectivity index (χ3v) is 5.55. The van der Waals surface area contributed by atoms with Gasteiger partial charge in [0, 0.05) is 50.9 Å². The molecule has 4 rings (SSSR count). The summed E-state index contributed by atoms with van der Waals surface area (Å²) >= 11 is 0. The number of hydrogen-bond donors (Lipinski definition) is 0. The predicted molar refractivity (Wildman–Crippen MR) is 115 cm³/mol. The average molecular weight is 437 g/mol. The molecule has 0 radical (unpaired) electrons. The molecule has 166 valence electrons. The third kappa shape index (κ3) is 4.37. The normalized spacial score (nSPS) is 16.1. The van der Waals surface area contributed by atoms with Crippen molar-refractivity contribution in [2.24, 2.45) is 0 Å². The number of carbonyl (C=O) groups excluding carboxylic acids is 2. The van der Waals surface area contributed by atoms with Crippen LogP contribution in [0.2, 0.25) is 0 Å². The van der Waals surface area contributed by atoms with Gasteiger partial charge >= 0.3 is 0 Å². The minimum absolute atomic E-state index is 0.0412. The summed E-state index contributed by atoms with van der Waals surface area (Å²) in [4.78, 5) is 37.4. The molecule has 0 spiro atoms. The first kappa shape index (κ1) is 21.6. The quantitative estimate of drug-likeness (QED) is 0.622. The summed E-state index contributed by atoms with van der Waals surface area (Å²) in [6.45, 7) is 2.81. The molecule has 1 aliphatic rings. The molecule has 2 amide bonds. The molecule has 0 N–H and O–H groups in total. The van der Waals surface area contributed by atoms with Crippen molar-refractivity contribution in [3.05, 3.63) is 65.2 Å². The topological polar surface area (TPSA) is 92.4 Å². The highest BCUT2D eigenvalue weighted by Crippen LogP contribution is 2.27. The lowest BCUT2D eigenvalue weighted by atomic mass is 9.96. The second-order valence-electron chi connectivity index (χ2n) is 8.10. The molecule has 8 nitrogen and oxygen atoms in total. The van der Waals surface area contributed by atoms with E-state index in [2.05, 4.69) is 15.1 Å². The number of nitrogens with zero attached hydrogens (tertiary/aromatic N) is 5. The average Bonchev–Trinajstić information content (AvgIpc) is 3.28. The second kappa shape index (κ2) is 8.86. The monoisotopic (exact) mass is 437 g/mol. The van der Waals surface area contributed by atoms with Crippen molar-refractivity contribution < 1.29 is 18.5 Å². The number of hydrogen-bond acceptors (Lipinski definition) is 6. The molecule has 1 saturated heterocycles. The molecular weight excluding hydrogens is 413 g/mol. The van der Waals surface area contributed by atoms with E-state index in [9.17, 15) is 14.0 Å². The number of likely N-dealkylation sites (tertiary alicyclic amines) is 1. The van der Waals surface area contributed by atoms with Crippen LogP contribution in [-0.4, -0.2) is 63.9 Å². The Bertz CT molecular complexity index is 1160. The lowest BCUT2D eigenvalue weighted by Gasteiger charge is -2.31. The highest BCUT2D eigenvalue weighted by atomic mass is 19.1. The van der Waals surface area contributed by atoms with Crippen LogP contribution in [0.1, 0.15) is 51.2 Å². The van der Waals surface area contributed by atoms with E-state index in [1.807, 2.05) is 0 Å². The number of benzene rings is 1. The van der Waals surface area contributed by atoms with Gasteiger partial charge in [-0.2, -0.15) is 0 Å². The van der Waals surface area contributed by atoms with Crippen molar-refractivity contribution in [3.63, 3.8) is 0 Å². The van der Waals surface area contributed by atoms with Crippen LogP contribution < -0.4 is 0 Å². The van der Waals surface area contributed by atoms with E-state index in [1.165, 1.54) is 23.1 Å². The first-order valence-corrected chi connectivity index (χ1v) is 10.4. The molecule has 9 heteroatoms. The summed E-state index contributed by atoms with van der Waals surface area (Å²) in [5.74, 6) is -0.122. The van der Waals surface area contributed by atoms with Gasteiger partial charge in [0.05, 0.1) is 11.3 Å². The van der Waals surface area contributed by atoms with Crippen LogP contribution in [-0.2, 0) is 0 Å². The first-order chi connectivity index (χ1) is 15.3. The van der Waals surface area contributed by atoms with Gasteiger partial charge in [-0.25, -0.2) is 14.4 Å². The molecule has 2 aromatic heterocycles. The second-order valence-corrected chi connectivity index (χ2v) is 8.10. The zero-order valence-corrected chi connectivity index (χ0v) is 18.2. The minimum atomic E-state index is -0.383. The van der Waals surface area contributed by atoms with Gasteiger partial charge in [-0.05, 0) is 31.9 Å². The zero-order chi connectivity index (χ0) is 22.8. The fourth-order valence-electron chi connectivity index (χ4n) is 3.82. The fourth-order valence-corrected chi connectivity index (χ4v) is 3.82. The number of piperidine rings is 1. The Hall–Kier alpha value is -3.62. The van der Waals surface area contributed by atoms with Crippen LogP contribution in [0.25, 0.3) is 11.3 Å². The molecule has 32 heavy (non-hydrogen) atoms. The van der Waals surface area contributed by atoms with Gasteiger partial charge in [-0.15, -0.1) is 0 Å². The highest BCUT2D eigenvalue weighted by Gasteiger charge is 2.30. The summed E-state index contributed by atoms with van der Waals surface area (Å²) in [5.41, 5.74) is 2.03. The van der Waals surface area contributed by atoms with Gasteiger partial charge in [0.25, 0.3) is 11.8 Å². The van der Waals surface area contributed by atoms with Gasteiger partial charge in [-0.1, -0.05) is 17.3 Å². The largest absolute Gasteiger partial charge is 0.350 e. The van der Waals surface area contributed by atoms with E-state index >= 15 is 0 Å². The Kier molecular flexibility index (Phi) is 5.98. The molecule has 1 aliphatic heterocycles. The van der Waals surface area contributed by atoms with Gasteiger partial charge in [0.15, 0.2) is 0 Å². The molecular formula is C23H24FN5O3. The molecule has 3 heterocycles. The Labute approximate surface area is 185 Å². The molecule has 0 saturated carbocycles. The van der Waals surface area contributed by atoms with E-state index in [1.54, 1.807) is 44.2 Å². The van der Waals surface area contributed by atoms with Crippen molar-refractivity contribution in [1.82, 2.24) is 24.9 Å². The van der Waals surface area contributed by atoms with Crippen LogP contribution >= 0.6 is 0 Å². The Morgan fingerprint density at radius 1 is 1.25 bits per heavy atom. The van der Waals surface area contributed by atoms with Crippen LogP contribution in [0.4, 0.5) is 4.39 Å². The summed E-state index contributed by atoms with van der Waals surface area (Å²) in [6.07, 6.45) is 3.19. The highest BCUT2D eigenvalue weighted by molar-refractivity contribution is 5.94. The molecule has 1 unspecified atom stereocenters. The van der Waals surface area contributed by atoms with Crippen LogP contribution in [0.5, 0.6) is 0 Å². The van der Waals surface area contributed by atoms with Gasteiger partial charge < -0.3 is 14.3 Å². The molecule has 0 aliphatic carbocycles. The summed E-state index contributed by atoms with van der Waals surface area (Å²) in [5, 5.41) is 3.92. The van der Waals surface area contributed by atoms with Crippen molar-refractivity contribution in [2.75, 3.05) is 27.2 Å². The summed E-state index contributed by atoms with van der Waals surface area (Å²) < 4.78 is 18.7. The maximum Gasteiger partial charge on any atom is 0.292 e. The number of carbonyl (C=O) groups is 2. The van der Waals surface area contributed by atoms with E-state index in [0.29, 0.717) is 41.4 Å². The molecule has 1 atom stereocenters. The van der Waals surface area contributed by atoms with Gasteiger partial charge in [-0.3, -0.25) is 9.59 Å². The van der Waals surface area contributed by atoms with E-state index in [-0.39, 0.29) is 29.3 Å². The molecule has 3 aromatic rings. The van der Waals surface area contributed by atoms with Crippen LogP contribution in [0, 0.1) is 12.7 Å². The number of rotatable bonds is 4. The SMILES string of the molecule is Cc1nc(C2CCCN(C(=O)c3cc(-c4cccc(F)c4)no3)C2)ncc1C(=O)N(C)C. The minimum Gasteiger partial charge on any atom is -0.350 e. The van der Waals surface area contributed by atoms with E-state index in [4.69, 9.17) is 4.52 Å². The van der Waals surface area contributed by atoms with Crippen LogP contribution in [0.3, 0.4) is 0 Å². The zero-order valence-electron chi connectivity index (χ0n) is 18.2. The molecule has 1 fully saturated rings. The Balaban J connectivity index is 1.49. The standard InChI is InChI=1S/C23H24FN5O3/c1-14-18(22(30)28(2)3)12-25-21(26-14)16-7-5-9-29(13-16)23(31)20-11-19(27-32-20)15-6-4-8-17(24)10-15/h4,6,8,10-12,16H,5,7,9,13H2,1-3H3. The van der Waals surface area contributed by atoms with Crippen LogP contribution in [0.15, 0.2) is 41.1 Å². The first-order valence-electron chi connectivity index (χ1n) is 10.4. The lowest BCUT2D eigenvalue weighted by molar-refractivity contribution is 0.0662. The van der Waals surface area contributed by atoms with Crippen molar-refractivity contribution in [3.8, 4) is 11.3 Å². The van der Waals surface area contributed by atoms with E-state index in [0.717, 1.165) is 12.8 Å².